The molecule has 2 N–H and O–H groups in total. The van der Waals surface area contributed by atoms with Crippen LogP contribution in [0.5, 0.6) is 0 Å². The first-order valence-corrected chi connectivity index (χ1v) is 8.49. The minimum Gasteiger partial charge on any atom is -0.316 e. The zero-order valence-corrected chi connectivity index (χ0v) is 14.5. The van der Waals surface area contributed by atoms with E-state index in [-0.39, 0.29) is 5.41 Å². The number of benzene rings is 1. The summed E-state index contributed by atoms with van der Waals surface area (Å²) in [7, 11) is 0. The summed E-state index contributed by atoms with van der Waals surface area (Å²) in [5.74, 6) is 0. The molecule has 0 amide bonds. The van der Waals surface area contributed by atoms with Gasteiger partial charge in [-0.1, -0.05) is 35.8 Å². The maximum absolute atomic E-state index is 3.64. The van der Waals surface area contributed by atoms with Crippen molar-refractivity contribution in [3.63, 3.8) is 0 Å². The molecule has 0 radical (unpaired) electrons. The molecule has 3 heteroatoms. The molecule has 1 fully saturated rings. The highest BCUT2D eigenvalue weighted by molar-refractivity contribution is 9.10. The van der Waals surface area contributed by atoms with Crippen LogP contribution in [0.4, 0.5) is 0 Å². The average molecular weight is 339 g/mol. The Morgan fingerprint density at radius 2 is 2.20 bits per heavy atom. The standard InChI is InChI=1S/C17H27BrN2/c1-13-6-7-14(18)11-16(13)17(2,3)12-19-10-8-15-5-4-9-20-15/h6-7,11,15,19-20H,4-5,8-10,12H2,1-3H3. The molecule has 1 atom stereocenters. The maximum Gasteiger partial charge on any atom is 0.0178 e. The average Bonchev–Trinajstić information content (AvgIpc) is 2.90. The molecule has 1 saturated heterocycles. The Balaban J connectivity index is 1.84. The van der Waals surface area contributed by atoms with E-state index in [0.717, 1.165) is 19.1 Å². The van der Waals surface area contributed by atoms with Crippen molar-refractivity contribution in [2.75, 3.05) is 19.6 Å². The Hall–Kier alpha value is -0.380. The SMILES string of the molecule is Cc1ccc(Br)cc1C(C)(C)CNCCC1CCCN1. The highest BCUT2D eigenvalue weighted by Gasteiger charge is 2.22. The lowest BCUT2D eigenvalue weighted by molar-refractivity contribution is 0.445. The van der Waals surface area contributed by atoms with E-state index >= 15 is 0 Å². The van der Waals surface area contributed by atoms with Gasteiger partial charge in [0.05, 0.1) is 0 Å². The third kappa shape index (κ3) is 4.31. The summed E-state index contributed by atoms with van der Waals surface area (Å²) < 4.78 is 1.17. The van der Waals surface area contributed by atoms with Crippen LogP contribution < -0.4 is 10.6 Å². The number of rotatable bonds is 6. The van der Waals surface area contributed by atoms with Gasteiger partial charge in [-0.2, -0.15) is 0 Å². The maximum atomic E-state index is 3.64. The lowest BCUT2D eigenvalue weighted by Crippen LogP contribution is -2.36. The van der Waals surface area contributed by atoms with E-state index in [1.165, 1.54) is 41.4 Å². The highest BCUT2D eigenvalue weighted by Crippen LogP contribution is 2.28. The summed E-state index contributed by atoms with van der Waals surface area (Å²) in [6.07, 6.45) is 3.93. The van der Waals surface area contributed by atoms with Crippen molar-refractivity contribution in [3.05, 3.63) is 33.8 Å². The van der Waals surface area contributed by atoms with Crippen LogP contribution in [-0.4, -0.2) is 25.7 Å². The molecule has 112 valence electrons. The molecule has 20 heavy (non-hydrogen) atoms. The van der Waals surface area contributed by atoms with E-state index in [1.54, 1.807) is 0 Å². The van der Waals surface area contributed by atoms with E-state index in [9.17, 15) is 0 Å². The molecule has 0 spiro atoms. The predicted molar refractivity (Wildman–Crippen MR) is 90.4 cm³/mol. The van der Waals surface area contributed by atoms with Crippen molar-refractivity contribution < 1.29 is 0 Å². The fourth-order valence-corrected chi connectivity index (χ4v) is 3.46. The van der Waals surface area contributed by atoms with E-state index in [4.69, 9.17) is 0 Å². The van der Waals surface area contributed by atoms with Crippen LogP contribution in [0.1, 0.15) is 44.2 Å². The van der Waals surface area contributed by atoms with Crippen molar-refractivity contribution in [1.82, 2.24) is 10.6 Å². The molecule has 0 aliphatic carbocycles. The van der Waals surface area contributed by atoms with E-state index in [0.29, 0.717) is 0 Å². The second-order valence-corrected chi connectivity index (χ2v) is 7.52. The van der Waals surface area contributed by atoms with Crippen LogP contribution in [0.2, 0.25) is 0 Å². The molecular formula is C17H27BrN2. The molecule has 1 aliphatic rings. The Morgan fingerprint density at radius 1 is 1.40 bits per heavy atom. The number of halogens is 1. The normalized spacial score (nSPS) is 19.5. The second kappa shape index (κ2) is 7.06. The van der Waals surface area contributed by atoms with Crippen LogP contribution >= 0.6 is 15.9 Å². The van der Waals surface area contributed by atoms with Crippen LogP contribution in [0.25, 0.3) is 0 Å². The van der Waals surface area contributed by atoms with Gasteiger partial charge in [0.2, 0.25) is 0 Å². The van der Waals surface area contributed by atoms with E-state index < -0.39 is 0 Å². The van der Waals surface area contributed by atoms with Crippen molar-refractivity contribution >= 4 is 15.9 Å². The molecule has 1 aliphatic heterocycles. The first kappa shape index (κ1) is 16.0. The fourth-order valence-electron chi connectivity index (χ4n) is 3.10. The molecule has 1 unspecified atom stereocenters. The van der Waals surface area contributed by atoms with Crippen molar-refractivity contribution in [1.29, 1.82) is 0 Å². The molecule has 0 bridgehead atoms. The van der Waals surface area contributed by atoms with Gasteiger partial charge in [0.1, 0.15) is 0 Å². The van der Waals surface area contributed by atoms with Gasteiger partial charge < -0.3 is 10.6 Å². The summed E-state index contributed by atoms with van der Waals surface area (Å²) in [6, 6.07) is 7.31. The number of nitrogens with one attached hydrogen (secondary N) is 2. The fraction of sp³-hybridized carbons (Fsp3) is 0.647. The quantitative estimate of drug-likeness (QED) is 0.771. The molecule has 1 aromatic carbocycles. The van der Waals surface area contributed by atoms with Gasteiger partial charge in [-0.25, -0.2) is 0 Å². The second-order valence-electron chi connectivity index (χ2n) is 6.60. The zero-order chi connectivity index (χ0) is 14.6. The van der Waals surface area contributed by atoms with E-state index in [1.807, 2.05) is 0 Å². The van der Waals surface area contributed by atoms with Gasteiger partial charge in [0.25, 0.3) is 0 Å². The third-order valence-electron chi connectivity index (χ3n) is 4.33. The molecule has 0 aromatic heterocycles. The smallest absolute Gasteiger partial charge is 0.0178 e. The monoisotopic (exact) mass is 338 g/mol. The number of hydrogen-bond donors (Lipinski definition) is 2. The molecule has 1 aromatic rings. The number of aryl methyl sites for hydroxylation is 1. The topological polar surface area (TPSA) is 24.1 Å². The summed E-state index contributed by atoms with van der Waals surface area (Å²) in [4.78, 5) is 0. The van der Waals surface area contributed by atoms with Crippen LogP contribution in [-0.2, 0) is 5.41 Å². The largest absolute Gasteiger partial charge is 0.316 e. The van der Waals surface area contributed by atoms with Gasteiger partial charge in [0.15, 0.2) is 0 Å². The van der Waals surface area contributed by atoms with E-state index in [2.05, 4.69) is 65.5 Å². The van der Waals surface area contributed by atoms with Gasteiger partial charge >= 0.3 is 0 Å². The summed E-state index contributed by atoms with van der Waals surface area (Å²) in [6.45, 7) is 10.2. The Morgan fingerprint density at radius 3 is 2.90 bits per heavy atom. The predicted octanol–water partition coefficient (Wildman–Crippen LogP) is 3.77. The third-order valence-corrected chi connectivity index (χ3v) is 4.82. The molecule has 2 rings (SSSR count). The highest BCUT2D eigenvalue weighted by atomic mass is 79.9. The summed E-state index contributed by atoms with van der Waals surface area (Å²) in [5, 5.41) is 7.20. The van der Waals surface area contributed by atoms with Gasteiger partial charge in [-0.3, -0.25) is 0 Å². The van der Waals surface area contributed by atoms with Gasteiger partial charge in [0, 0.05) is 22.5 Å². The van der Waals surface area contributed by atoms with Crippen LogP contribution in [0.3, 0.4) is 0 Å². The zero-order valence-electron chi connectivity index (χ0n) is 12.9. The molecule has 2 nitrogen and oxygen atoms in total. The Labute approximate surface area is 131 Å². The number of hydrogen-bond acceptors (Lipinski definition) is 2. The summed E-state index contributed by atoms with van der Waals surface area (Å²) >= 11 is 3.59. The summed E-state index contributed by atoms with van der Waals surface area (Å²) in [5.41, 5.74) is 2.97. The first-order valence-electron chi connectivity index (χ1n) is 7.70. The van der Waals surface area contributed by atoms with Crippen LogP contribution in [0, 0.1) is 6.92 Å². The Kier molecular flexibility index (Phi) is 5.65. The molecule has 0 saturated carbocycles. The minimum atomic E-state index is 0.164. The molecule has 1 heterocycles. The lowest BCUT2D eigenvalue weighted by Gasteiger charge is -2.28. The lowest BCUT2D eigenvalue weighted by atomic mass is 9.82. The van der Waals surface area contributed by atoms with Gasteiger partial charge in [-0.05, 0) is 62.5 Å². The Bertz CT molecular complexity index is 437. The van der Waals surface area contributed by atoms with Crippen molar-refractivity contribution in [2.24, 2.45) is 0 Å². The minimum absolute atomic E-state index is 0.164. The van der Waals surface area contributed by atoms with Crippen molar-refractivity contribution in [3.8, 4) is 0 Å². The first-order chi connectivity index (χ1) is 9.49. The van der Waals surface area contributed by atoms with Gasteiger partial charge in [-0.15, -0.1) is 0 Å². The molecular weight excluding hydrogens is 312 g/mol. The van der Waals surface area contributed by atoms with Crippen LogP contribution in [0.15, 0.2) is 22.7 Å². The van der Waals surface area contributed by atoms with Crippen molar-refractivity contribution in [2.45, 2.75) is 51.5 Å².